The van der Waals surface area contributed by atoms with Crippen LogP contribution >= 0.6 is 11.6 Å². The van der Waals surface area contributed by atoms with Gasteiger partial charge in [-0.15, -0.1) is 0 Å². The van der Waals surface area contributed by atoms with Crippen LogP contribution in [0.1, 0.15) is 0 Å². The molecule has 4 aromatic rings. The first kappa shape index (κ1) is 19.8. The van der Waals surface area contributed by atoms with E-state index in [0.717, 1.165) is 27.7 Å². The monoisotopic (exact) mass is 421 g/mol. The Morgan fingerprint density at radius 2 is 1.43 bits per heavy atom. The van der Waals surface area contributed by atoms with E-state index in [1.807, 2.05) is 48.5 Å². The Kier molecular flexibility index (Phi) is 5.59. The molecule has 0 bridgehead atoms. The molecule has 0 aliphatic rings. The average molecular weight is 422 g/mol. The summed E-state index contributed by atoms with van der Waals surface area (Å²) in [4.78, 5) is 8.81. The maximum Gasteiger partial charge on any atom is 0.161 e. The fourth-order valence-electron chi connectivity index (χ4n) is 3.23. The van der Waals surface area contributed by atoms with E-state index in [4.69, 9.17) is 25.8 Å². The minimum Gasteiger partial charge on any atom is -0.495 e. The lowest BCUT2D eigenvalue weighted by Gasteiger charge is -2.12. The number of hydrogen-bond donors (Lipinski definition) is 1. The Balaban J connectivity index is 1.75. The second kappa shape index (κ2) is 8.47. The van der Waals surface area contributed by atoms with E-state index in [1.165, 1.54) is 6.33 Å². The highest BCUT2D eigenvalue weighted by atomic mass is 35.5. The number of rotatable bonds is 6. The summed E-state index contributed by atoms with van der Waals surface area (Å²) >= 11 is 6.25. The van der Waals surface area contributed by atoms with Crippen LogP contribution in [0.4, 0.5) is 11.5 Å². The van der Waals surface area contributed by atoms with Crippen molar-refractivity contribution in [1.29, 1.82) is 0 Å². The molecule has 1 heterocycles. The summed E-state index contributed by atoms with van der Waals surface area (Å²) in [7, 11) is 4.83. The number of halogens is 1. The highest BCUT2D eigenvalue weighted by molar-refractivity contribution is 6.32. The molecule has 0 aliphatic carbocycles. The van der Waals surface area contributed by atoms with Gasteiger partial charge in [0.15, 0.2) is 11.5 Å². The van der Waals surface area contributed by atoms with Crippen molar-refractivity contribution in [2.24, 2.45) is 0 Å². The number of aromatic nitrogens is 2. The van der Waals surface area contributed by atoms with E-state index in [1.54, 1.807) is 27.4 Å². The third-order valence-corrected chi connectivity index (χ3v) is 5.06. The first-order valence-corrected chi connectivity index (χ1v) is 9.58. The third kappa shape index (κ3) is 3.82. The van der Waals surface area contributed by atoms with E-state index >= 15 is 0 Å². The van der Waals surface area contributed by atoms with Crippen LogP contribution < -0.4 is 19.5 Å². The van der Waals surface area contributed by atoms with Gasteiger partial charge in [0.25, 0.3) is 0 Å². The van der Waals surface area contributed by atoms with E-state index in [2.05, 4.69) is 15.3 Å². The summed E-state index contributed by atoms with van der Waals surface area (Å²) in [5.74, 6) is 2.66. The lowest BCUT2D eigenvalue weighted by atomic mass is 10.0. The van der Waals surface area contributed by atoms with Crippen LogP contribution in [0.25, 0.3) is 22.0 Å². The van der Waals surface area contributed by atoms with Gasteiger partial charge >= 0.3 is 0 Å². The normalized spacial score (nSPS) is 10.7. The fourth-order valence-corrected chi connectivity index (χ4v) is 3.49. The standard InChI is InChI=1S/C23H20ClN3O3/c1-28-20-9-6-16(12-18(20)24)27-23-17-10-14(4-7-19(17)25-13-26-23)15-5-8-21(29-2)22(11-15)30-3/h4-13H,1-3H3,(H,25,26,27). The Morgan fingerprint density at radius 1 is 0.733 bits per heavy atom. The molecule has 1 aromatic heterocycles. The molecule has 0 atom stereocenters. The van der Waals surface area contributed by atoms with Crippen molar-refractivity contribution >= 4 is 34.0 Å². The zero-order valence-electron chi connectivity index (χ0n) is 16.8. The largest absolute Gasteiger partial charge is 0.495 e. The molecule has 3 aromatic carbocycles. The molecule has 4 rings (SSSR count). The highest BCUT2D eigenvalue weighted by Gasteiger charge is 2.10. The summed E-state index contributed by atoms with van der Waals surface area (Å²) in [5, 5.41) is 4.73. The number of ether oxygens (including phenoxy) is 3. The molecule has 7 heteroatoms. The number of hydrogen-bond acceptors (Lipinski definition) is 6. The summed E-state index contributed by atoms with van der Waals surface area (Å²) in [6, 6.07) is 17.3. The zero-order chi connectivity index (χ0) is 21.1. The van der Waals surface area contributed by atoms with E-state index in [0.29, 0.717) is 28.1 Å². The number of nitrogens with one attached hydrogen (secondary N) is 1. The Labute approximate surface area is 179 Å². The minimum atomic E-state index is 0.520. The first-order chi connectivity index (χ1) is 14.6. The predicted molar refractivity (Wildman–Crippen MR) is 119 cm³/mol. The van der Waals surface area contributed by atoms with Gasteiger partial charge in [-0.2, -0.15) is 0 Å². The van der Waals surface area contributed by atoms with Gasteiger partial charge in [-0.3, -0.25) is 0 Å². The molecule has 0 amide bonds. The predicted octanol–water partition coefficient (Wildman–Crippen LogP) is 5.72. The van der Waals surface area contributed by atoms with E-state index < -0.39 is 0 Å². The molecule has 152 valence electrons. The highest BCUT2D eigenvalue weighted by Crippen LogP contribution is 2.35. The Bertz CT molecular complexity index is 1210. The van der Waals surface area contributed by atoms with E-state index in [-0.39, 0.29) is 0 Å². The maximum atomic E-state index is 6.25. The molecule has 0 fully saturated rings. The van der Waals surface area contributed by atoms with Gasteiger partial charge in [0.05, 0.1) is 31.9 Å². The van der Waals surface area contributed by atoms with Crippen molar-refractivity contribution in [3.8, 4) is 28.4 Å². The van der Waals surface area contributed by atoms with Crippen LogP contribution in [0.15, 0.2) is 60.9 Å². The van der Waals surface area contributed by atoms with Crippen LogP contribution in [-0.4, -0.2) is 31.3 Å². The van der Waals surface area contributed by atoms with Gasteiger partial charge in [0.2, 0.25) is 0 Å². The van der Waals surface area contributed by atoms with Crippen molar-refractivity contribution in [2.75, 3.05) is 26.6 Å². The van der Waals surface area contributed by atoms with Crippen molar-refractivity contribution < 1.29 is 14.2 Å². The van der Waals surface area contributed by atoms with Crippen molar-refractivity contribution in [2.45, 2.75) is 0 Å². The SMILES string of the molecule is COc1ccc(Nc2ncnc3ccc(-c4ccc(OC)c(OC)c4)cc23)cc1Cl. The first-order valence-electron chi connectivity index (χ1n) is 9.20. The number of nitrogens with zero attached hydrogens (tertiary/aromatic N) is 2. The summed E-state index contributed by atoms with van der Waals surface area (Å²) < 4.78 is 16.0. The average Bonchev–Trinajstić information content (AvgIpc) is 2.78. The Hall–Kier alpha value is -3.51. The molecule has 0 unspecified atom stereocenters. The summed E-state index contributed by atoms with van der Waals surface area (Å²) in [6.45, 7) is 0. The van der Waals surface area contributed by atoms with Crippen LogP contribution in [-0.2, 0) is 0 Å². The molecule has 0 radical (unpaired) electrons. The van der Waals surface area contributed by atoms with Gasteiger partial charge < -0.3 is 19.5 Å². The maximum absolute atomic E-state index is 6.25. The molecule has 0 aliphatic heterocycles. The molecular weight excluding hydrogens is 402 g/mol. The van der Waals surface area contributed by atoms with Crippen LogP contribution in [0.2, 0.25) is 5.02 Å². The van der Waals surface area contributed by atoms with Crippen LogP contribution in [0.5, 0.6) is 17.2 Å². The molecule has 0 spiro atoms. The van der Waals surface area contributed by atoms with Crippen LogP contribution in [0, 0.1) is 0 Å². The smallest absolute Gasteiger partial charge is 0.161 e. The van der Waals surface area contributed by atoms with E-state index in [9.17, 15) is 0 Å². The van der Waals surface area contributed by atoms with Crippen molar-refractivity contribution in [3.63, 3.8) is 0 Å². The number of anilines is 2. The molecule has 6 nitrogen and oxygen atoms in total. The zero-order valence-corrected chi connectivity index (χ0v) is 17.5. The number of fused-ring (bicyclic) bond motifs is 1. The van der Waals surface area contributed by atoms with Gasteiger partial charge in [-0.25, -0.2) is 9.97 Å². The summed E-state index contributed by atoms with van der Waals surface area (Å²) in [6.07, 6.45) is 1.53. The second-order valence-electron chi connectivity index (χ2n) is 6.50. The van der Waals surface area contributed by atoms with Gasteiger partial charge in [0, 0.05) is 11.1 Å². The lowest BCUT2D eigenvalue weighted by Crippen LogP contribution is -1.97. The van der Waals surface area contributed by atoms with Gasteiger partial charge in [-0.1, -0.05) is 23.7 Å². The minimum absolute atomic E-state index is 0.520. The number of methoxy groups -OCH3 is 3. The molecule has 0 saturated heterocycles. The lowest BCUT2D eigenvalue weighted by molar-refractivity contribution is 0.355. The number of benzene rings is 3. The fraction of sp³-hybridized carbons (Fsp3) is 0.130. The molecule has 30 heavy (non-hydrogen) atoms. The molecule has 1 N–H and O–H groups in total. The third-order valence-electron chi connectivity index (χ3n) is 4.77. The van der Waals surface area contributed by atoms with Gasteiger partial charge in [0.1, 0.15) is 17.9 Å². The van der Waals surface area contributed by atoms with Crippen LogP contribution in [0.3, 0.4) is 0 Å². The summed E-state index contributed by atoms with van der Waals surface area (Å²) in [5.41, 5.74) is 3.64. The van der Waals surface area contributed by atoms with Crippen molar-refractivity contribution in [1.82, 2.24) is 9.97 Å². The topological polar surface area (TPSA) is 65.5 Å². The van der Waals surface area contributed by atoms with Crippen molar-refractivity contribution in [3.05, 3.63) is 65.9 Å². The second-order valence-corrected chi connectivity index (χ2v) is 6.91. The van der Waals surface area contributed by atoms with Gasteiger partial charge in [-0.05, 0) is 53.6 Å². The Morgan fingerprint density at radius 3 is 2.17 bits per heavy atom. The quantitative estimate of drug-likeness (QED) is 0.429. The molecule has 0 saturated carbocycles. The molecular formula is C23H20ClN3O3.